The van der Waals surface area contributed by atoms with Crippen LogP contribution in [0.25, 0.3) is 6.08 Å². The van der Waals surface area contributed by atoms with Gasteiger partial charge >= 0.3 is 0 Å². The third-order valence-corrected chi connectivity index (χ3v) is 0.944. The van der Waals surface area contributed by atoms with Crippen LogP contribution in [0.1, 0.15) is 5.69 Å². The molecule has 0 spiro atoms. The molecule has 0 fully saturated rings. The maximum Gasteiger partial charge on any atom is 0.0927 e. The summed E-state index contributed by atoms with van der Waals surface area (Å²) in [6.45, 7) is 0.562. The van der Waals surface area contributed by atoms with E-state index in [1.807, 2.05) is 18.3 Å². The van der Waals surface area contributed by atoms with E-state index in [0.29, 0.717) is 6.54 Å². The summed E-state index contributed by atoms with van der Waals surface area (Å²) >= 11 is 0. The van der Waals surface area contributed by atoms with Crippen molar-refractivity contribution in [1.82, 2.24) is 9.97 Å². The molecule has 0 unspecified atom stereocenters. The predicted octanol–water partition coefficient (Wildman–Crippen LogP) is 0.382. The van der Waals surface area contributed by atoms with Crippen LogP contribution in [0.4, 0.5) is 0 Å². The number of nitrogens with one attached hydrogen (secondary N) is 1. The van der Waals surface area contributed by atoms with Crippen LogP contribution in [0.2, 0.25) is 0 Å². The second-order valence-corrected chi connectivity index (χ2v) is 1.63. The van der Waals surface area contributed by atoms with Crippen LogP contribution >= 0.6 is 0 Å². The SMILES string of the molecule is NC/C=C/c1c[nH]cn1. The van der Waals surface area contributed by atoms with Crippen molar-refractivity contribution in [3.8, 4) is 0 Å². The average Bonchev–Trinajstić information content (AvgIpc) is 2.34. The lowest BCUT2D eigenvalue weighted by Gasteiger charge is -1.78. The van der Waals surface area contributed by atoms with Crippen LogP contribution in [0.5, 0.6) is 0 Å². The summed E-state index contributed by atoms with van der Waals surface area (Å²) in [5.41, 5.74) is 6.14. The van der Waals surface area contributed by atoms with Crippen molar-refractivity contribution in [3.05, 3.63) is 24.3 Å². The summed E-state index contributed by atoms with van der Waals surface area (Å²) in [5, 5.41) is 0. The topological polar surface area (TPSA) is 54.7 Å². The van der Waals surface area contributed by atoms with E-state index in [1.54, 1.807) is 6.33 Å². The molecule has 3 heteroatoms. The van der Waals surface area contributed by atoms with Crippen molar-refractivity contribution < 1.29 is 0 Å². The van der Waals surface area contributed by atoms with Gasteiger partial charge in [-0.05, 0) is 6.08 Å². The lowest BCUT2D eigenvalue weighted by atomic mass is 10.4. The van der Waals surface area contributed by atoms with Gasteiger partial charge in [0.25, 0.3) is 0 Å². The fourth-order valence-electron chi connectivity index (χ4n) is 0.552. The van der Waals surface area contributed by atoms with E-state index >= 15 is 0 Å². The molecule has 0 aliphatic heterocycles. The highest BCUT2D eigenvalue weighted by Gasteiger charge is 1.82. The third-order valence-electron chi connectivity index (χ3n) is 0.944. The minimum Gasteiger partial charge on any atom is -0.351 e. The number of nitrogens with two attached hydrogens (primary N) is 1. The molecule has 48 valence electrons. The molecule has 0 radical (unpaired) electrons. The summed E-state index contributed by atoms with van der Waals surface area (Å²) in [7, 11) is 0. The highest BCUT2D eigenvalue weighted by atomic mass is 14.8. The van der Waals surface area contributed by atoms with E-state index in [0.717, 1.165) is 5.69 Å². The highest BCUT2D eigenvalue weighted by Crippen LogP contribution is 1.91. The van der Waals surface area contributed by atoms with Gasteiger partial charge in [-0.1, -0.05) is 6.08 Å². The van der Waals surface area contributed by atoms with Crippen molar-refractivity contribution in [2.75, 3.05) is 6.54 Å². The fraction of sp³-hybridized carbons (Fsp3) is 0.167. The number of imidazole rings is 1. The van der Waals surface area contributed by atoms with Crippen molar-refractivity contribution >= 4 is 6.08 Å². The van der Waals surface area contributed by atoms with Gasteiger partial charge in [-0.3, -0.25) is 0 Å². The maximum atomic E-state index is 5.22. The zero-order valence-corrected chi connectivity index (χ0v) is 5.04. The normalized spacial score (nSPS) is 10.8. The average molecular weight is 123 g/mol. The van der Waals surface area contributed by atoms with Gasteiger partial charge in [-0.15, -0.1) is 0 Å². The van der Waals surface area contributed by atoms with Crippen molar-refractivity contribution in [2.45, 2.75) is 0 Å². The van der Waals surface area contributed by atoms with Crippen LogP contribution < -0.4 is 5.73 Å². The van der Waals surface area contributed by atoms with E-state index < -0.39 is 0 Å². The molecule has 0 saturated heterocycles. The molecule has 0 aromatic carbocycles. The van der Waals surface area contributed by atoms with Gasteiger partial charge in [0.1, 0.15) is 0 Å². The number of rotatable bonds is 2. The van der Waals surface area contributed by atoms with Gasteiger partial charge in [-0.2, -0.15) is 0 Å². The van der Waals surface area contributed by atoms with Crippen molar-refractivity contribution in [1.29, 1.82) is 0 Å². The van der Waals surface area contributed by atoms with Gasteiger partial charge in [-0.25, -0.2) is 4.98 Å². The monoisotopic (exact) mass is 123 g/mol. The van der Waals surface area contributed by atoms with Gasteiger partial charge in [0.05, 0.1) is 12.0 Å². The lowest BCUT2D eigenvalue weighted by Crippen LogP contribution is -1.91. The van der Waals surface area contributed by atoms with Crippen molar-refractivity contribution in [3.63, 3.8) is 0 Å². The zero-order chi connectivity index (χ0) is 6.53. The summed E-state index contributed by atoms with van der Waals surface area (Å²) in [6, 6.07) is 0. The van der Waals surface area contributed by atoms with Crippen LogP contribution in [-0.2, 0) is 0 Å². The fourth-order valence-corrected chi connectivity index (χ4v) is 0.552. The molecule has 0 atom stereocenters. The Morgan fingerprint density at radius 1 is 1.78 bits per heavy atom. The number of hydrogen-bond donors (Lipinski definition) is 2. The smallest absolute Gasteiger partial charge is 0.0927 e. The van der Waals surface area contributed by atoms with E-state index in [4.69, 9.17) is 5.73 Å². The number of aromatic amines is 1. The molecule has 3 nitrogen and oxygen atoms in total. The van der Waals surface area contributed by atoms with Gasteiger partial charge in [0.15, 0.2) is 0 Å². The molecular formula is C6H9N3. The molecule has 3 N–H and O–H groups in total. The van der Waals surface area contributed by atoms with E-state index in [9.17, 15) is 0 Å². The van der Waals surface area contributed by atoms with Crippen LogP contribution in [0.15, 0.2) is 18.6 Å². The number of hydrogen-bond acceptors (Lipinski definition) is 2. The lowest BCUT2D eigenvalue weighted by molar-refractivity contribution is 1.26. The Labute approximate surface area is 53.6 Å². The quantitative estimate of drug-likeness (QED) is 0.597. The van der Waals surface area contributed by atoms with Crippen LogP contribution in [-0.4, -0.2) is 16.5 Å². The minimum absolute atomic E-state index is 0.562. The molecule has 0 amide bonds. The predicted molar refractivity (Wildman–Crippen MR) is 36.7 cm³/mol. The molecule has 0 aliphatic rings. The first-order valence-electron chi connectivity index (χ1n) is 2.79. The van der Waals surface area contributed by atoms with Crippen LogP contribution in [0, 0.1) is 0 Å². The number of H-pyrrole nitrogens is 1. The standard InChI is InChI=1S/C6H9N3/c7-3-1-2-6-4-8-5-9-6/h1-2,4-5H,3,7H2,(H,8,9)/b2-1+. The van der Waals surface area contributed by atoms with E-state index in [-0.39, 0.29) is 0 Å². The minimum atomic E-state index is 0.562. The first kappa shape index (κ1) is 6.04. The Kier molecular flexibility index (Phi) is 2.04. The summed E-state index contributed by atoms with van der Waals surface area (Å²) in [4.78, 5) is 6.79. The second kappa shape index (κ2) is 3.04. The Morgan fingerprint density at radius 3 is 3.22 bits per heavy atom. The summed E-state index contributed by atoms with van der Waals surface area (Å²) in [5.74, 6) is 0. The molecule has 1 aromatic rings. The van der Waals surface area contributed by atoms with Gasteiger partial charge in [0.2, 0.25) is 0 Å². The molecule has 1 heterocycles. The molecule has 0 aliphatic carbocycles. The van der Waals surface area contributed by atoms with Crippen LogP contribution in [0.3, 0.4) is 0 Å². The Morgan fingerprint density at radius 2 is 2.67 bits per heavy atom. The first-order valence-corrected chi connectivity index (χ1v) is 2.79. The highest BCUT2D eigenvalue weighted by molar-refractivity contribution is 5.42. The Balaban J connectivity index is 2.57. The molecular weight excluding hydrogens is 114 g/mol. The molecule has 9 heavy (non-hydrogen) atoms. The third kappa shape index (κ3) is 1.70. The maximum absolute atomic E-state index is 5.22. The number of nitrogens with zero attached hydrogens (tertiary/aromatic N) is 1. The van der Waals surface area contributed by atoms with E-state index in [1.165, 1.54) is 0 Å². The Hall–Kier alpha value is -1.09. The second-order valence-electron chi connectivity index (χ2n) is 1.63. The first-order chi connectivity index (χ1) is 4.43. The van der Waals surface area contributed by atoms with Crippen molar-refractivity contribution in [2.24, 2.45) is 5.73 Å². The van der Waals surface area contributed by atoms with E-state index in [2.05, 4.69) is 9.97 Å². The summed E-state index contributed by atoms with van der Waals surface area (Å²) in [6.07, 6.45) is 7.18. The molecule has 1 rings (SSSR count). The largest absolute Gasteiger partial charge is 0.351 e. The molecule has 0 bridgehead atoms. The molecule has 0 saturated carbocycles. The van der Waals surface area contributed by atoms with Gasteiger partial charge in [0, 0.05) is 12.7 Å². The Bertz CT molecular complexity index is 176. The summed E-state index contributed by atoms with van der Waals surface area (Å²) < 4.78 is 0. The van der Waals surface area contributed by atoms with Gasteiger partial charge < -0.3 is 10.7 Å². The molecule has 1 aromatic heterocycles. The zero-order valence-electron chi connectivity index (χ0n) is 5.04. The number of aromatic nitrogens is 2.